The van der Waals surface area contributed by atoms with Gasteiger partial charge in [-0.15, -0.1) is 0 Å². The molecule has 0 bridgehead atoms. The molecule has 1 unspecified atom stereocenters. The summed E-state index contributed by atoms with van der Waals surface area (Å²) in [5, 5.41) is 13.4. The van der Waals surface area contributed by atoms with E-state index in [-0.39, 0.29) is 24.9 Å². The lowest BCUT2D eigenvalue weighted by Crippen LogP contribution is -2.26. The molecule has 1 aromatic rings. The lowest BCUT2D eigenvalue weighted by molar-refractivity contribution is -0.388. The molecular weight excluding hydrogens is 293 g/mol. The normalized spacial score (nSPS) is 13.0. The van der Waals surface area contributed by atoms with Gasteiger partial charge in [0.1, 0.15) is 5.56 Å². The molecule has 118 valence electrons. The van der Waals surface area contributed by atoms with Gasteiger partial charge in [-0.1, -0.05) is 0 Å². The Hall–Kier alpha value is -1.87. The first-order valence-electron chi connectivity index (χ1n) is 5.90. The van der Waals surface area contributed by atoms with E-state index < -0.39 is 22.4 Å². The van der Waals surface area contributed by atoms with Crippen molar-refractivity contribution in [1.82, 2.24) is 0 Å². The van der Waals surface area contributed by atoms with Crippen LogP contribution >= 0.6 is 0 Å². The minimum Gasteiger partial charge on any atom is -0.382 e. The van der Waals surface area contributed by atoms with Crippen molar-refractivity contribution < 1.29 is 27.6 Å². The van der Waals surface area contributed by atoms with E-state index in [9.17, 15) is 23.3 Å². The Morgan fingerprint density at radius 3 is 2.52 bits per heavy atom. The van der Waals surface area contributed by atoms with Gasteiger partial charge in [0.15, 0.2) is 0 Å². The highest BCUT2D eigenvalue weighted by molar-refractivity contribution is 5.55. The number of benzene rings is 1. The number of hydrogen-bond acceptors (Lipinski definition) is 5. The second-order valence-electron chi connectivity index (χ2n) is 4.18. The molecule has 1 N–H and O–H groups in total. The van der Waals surface area contributed by atoms with Crippen LogP contribution in [0.3, 0.4) is 0 Å². The van der Waals surface area contributed by atoms with Gasteiger partial charge in [-0.3, -0.25) is 10.1 Å². The molecule has 0 amide bonds. The number of nitro groups is 1. The van der Waals surface area contributed by atoms with Crippen molar-refractivity contribution in [3.05, 3.63) is 33.9 Å². The molecule has 1 atom stereocenters. The lowest BCUT2D eigenvalue weighted by Gasteiger charge is -2.16. The molecule has 0 heterocycles. The molecule has 9 heteroatoms. The van der Waals surface area contributed by atoms with E-state index in [1.165, 1.54) is 20.3 Å². The maximum absolute atomic E-state index is 12.8. The summed E-state index contributed by atoms with van der Waals surface area (Å²) in [5.41, 5.74) is -2.16. The van der Waals surface area contributed by atoms with Crippen molar-refractivity contribution in [1.29, 1.82) is 0 Å². The van der Waals surface area contributed by atoms with Crippen molar-refractivity contribution in [3.63, 3.8) is 0 Å². The van der Waals surface area contributed by atoms with Crippen LogP contribution in [0.2, 0.25) is 0 Å². The zero-order valence-electron chi connectivity index (χ0n) is 11.4. The van der Waals surface area contributed by atoms with E-state index in [4.69, 9.17) is 9.47 Å². The average molecular weight is 308 g/mol. The second-order valence-corrected chi connectivity index (χ2v) is 4.18. The van der Waals surface area contributed by atoms with Crippen LogP contribution < -0.4 is 5.32 Å². The number of rotatable bonds is 7. The lowest BCUT2D eigenvalue weighted by atomic mass is 10.1. The zero-order chi connectivity index (χ0) is 16.0. The summed E-state index contributed by atoms with van der Waals surface area (Å²) in [6, 6.07) is 2.74. The fourth-order valence-electron chi connectivity index (χ4n) is 1.66. The molecule has 0 aromatic heterocycles. The van der Waals surface area contributed by atoms with Crippen LogP contribution in [0.4, 0.5) is 24.5 Å². The van der Waals surface area contributed by atoms with Gasteiger partial charge in [0.05, 0.1) is 17.6 Å². The van der Waals surface area contributed by atoms with Gasteiger partial charge in [-0.2, -0.15) is 13.2 Å². The van der Waals surface area contributed by atoms with Crippen molar-refractivity contribution in [3.8, 4) is 0 Å². The van der Waals surface area contributed by atoms with Crippen LogP contribution in [0.15, 0.2) is 18.2 Å². The summed E-state index contributed by atoms with van der Waals surface area (Å²) in [4.78, 5) is 9.57. The molecule has 0 aliphatic carbocycles. The Balaban J connectivity index is 2.93. The Morgan fingerprint density at radius 1 is 1.38 bits per heavy atom. The number of halogens is 3. The van der Waals surface area contributed by atoms with Crippen LogP contribution in [0.1, 0.15) is 5.56 Å². The van der Waals surface area contributed by atoms with Gasteiger partial charge in [-0.25, -0.2) is 0 Å². The van der Waals surface area contributed by atoms with Gasteiger partial charge < -0.3 is 14.8 Å². The minimum atomic E-state index is -4.80. The first-order valence-corrected chi connectivity index (χ1v) is 5.90. The first kappa shape index (κ1) is 17.2. The fourth-order valence-corrected chi connectivity index (χ4v) is 1.66. The van der Waals surface area contributed by atoms with E-state index in [0.29, 0.717) is 6.07 Å². The maximum Gasteiger partial charge on any atom is 0.423 e. The summed E-state index contributed by atoms with van der Waals surface area (Å²) in [6.07, 6.45) is -5.15. The molecule has 0 spiro atoms. The standard InChI is InChI=1S/C12H15F3N2O4/c1-20-7-9(21-2)6-16-8-3-4-11(17(18)19)10(5-8)12(13,14)15/h3-5,9,16H,6-7H2,1-2H3. The third-order valence-electron chi connectivity index (χ3n) is 2.72. The van der Waals surface area contributed by atoms with Crippen LogP contribution in [0, 0.1) is 10.1 Å². The predicted octanol–water partition coefficient (Wildman–Crippen LogP) is 2.69. The third kappa shape index (κ3) is 4.87. The smallest absolute Gasteiger partial charge is 0.382 e. The Labute approximate surface area is 119 Å². The topological polar surface area (TPSA) is 73.6 Å². The monoisotopic (exact) mass is 308 g/mol. The summed E-state index contributed by atoms with van der Waals surface area (Å²) >= 11 is 0. The van der Waals surface area contributed by atoms with E-state index in [1.807, 2.05) is 0 Å². The average Bonchev–Trinajstić information content (AvgIpc) is 2.42. The number of alkyl halides is 3. The first-order chi connectivity index (χ1) is 9.79. The number of methoxy groups -OCH3 is 2. The Bertz CT molecular complexity index is 494. The predicted molar refractivity (Wildman–Crippen MR) is 69.3 cm³/mol. The molecular formula is C12H15F3N2O4. The molecule has 1 aromatic carbocycles. The van der Waals surface area contributed by atoms with Crippen LogP contribution in [-0.2, 0) is 15.7 Å². The van der Waals surface area contributed by atoms with Crippen molar-refractivity contribution >= 4 is 11.4 Å². The molecule has 6 nitrogen and oxygen atoms in total. The quantitative estimate of drug-likeness (QED) is 0.619. The summed E-state index contributed by atoms with van der Waals surface area (Å²) in [6.45, 7) is 0.474. The van der Waals surface area contributed by atoms with Crippen molar-refractivity contribution in [2.24, 2.45) is 0 Å². The summed E-state index contributed by atoms with van der Waals surface area (Å²) in [7, 11) is 2.92. The van der Waals surface area contributed by atoms with Gasteiger partial charge in [0.2, 0.25) is 0 Å². The van der Waals surface area contributed by atoms with E-state index >= 15 is 0 Å². The highest BCUT2D eigenvalue weighted by Crippen LogP contribution is 2.37. The molecule has 0 aliphatic heterocycles. The van der Waals surface area contributed by atoms with E-state index in [2.05, 4.69) is 5.32 Å². The number of anilines is 1. The Kier molecular flexibility index (Phi) is 5.91. The molecule has 0 radical (unpaired) electrons. The maximum atomic E-state index is 12.8. The Morgan fingerprint density at radius 2 is 2.05 bits per heavy atom. The highest BCUT2D eigenvalue weighted by Gasteiger charge is 2.38. The number of nitrogens with zero attached hydrogens (tertiary/aromatic N) is 1. The second kappa shape index (κ2) is 7.23. The molecule has 0 fully saturated rings. The molecule has 1 rings (SSSR count). The number of nitro benzene ring substituents is 1. The molecule has 0 aliphatic rings. The van der Waals surface area contributed by atoms with Crippen LogP contribution in [0.5, 0.6) is 0 Å². The summed E-state index contributed by atoms with van der Waals surface area (Å²) < 4.78 is 48.3. The number of hydrogen-bond donors (Lipinski definition) is 1. The molecule has 0 saturated heterocycles. The molecule has 0 saturated carbocycles. The summed E-state index contributed by atoms with van der Waals surface area (Å²) in [5.74, 6) is 0. The van der Waals surface area contributed by atoms with Crippen LogP contribution in [-0.4, -0.2) is 38.4 Å². The minimum absolute atomic E-state index is 0.117. The zero-order valence-corrected chi connectivity index (χ0v) is 11.4. The SMILES string of the molecule is COCC(CNc1ccc([N+](=O)[O-])c(C(F)(F)F)c1)OC. The number of nitrogens with one attached hydrogen (secondary N) is 1. The highest BCUT2D eigenvalue weighted by atomic mass is 19.4. The van der Waals surface area contributed by atoms with E-state index in [1.54, 1.807) is 0 Å². The van der Waals surface area contributed by atoms with E-state index in [0.717, 1.165) is 6.07 Å². The number of ether oxygens (including phenoxy) is 2. The van der Waals surface area contributed by atoms with Crippen LogP contribution in [0.25, 0.3) is 0 Å². The van der Waals surface area contributed by atoms with Gasteiger partial charge >= 0.3 is 6.18 Å². The largest absolute Gasteiger partial charge is 0.423 e. The van der Waals surface area contributed by atoms with Gasteiger partial charge in [0.25, 0.3) is 5.69 Å². The van der Waals surface area contributed by atoms with Crippen molar-refractivity contribution in [2.45, 2.75) is 12.3 Å². The van der Waals surface area contributed by atoms with Gasteiger partial charge in [0, 0.05) is 32.5 Å². The van der Waals surface area contributed by atoms with Gasteiger partial charge in [-0.05, 0) is 12.1 Å². The van der Waals surface area contributed by atoms with Crippen molar-refractivity contribution in [2.75, 3.05) is 32.7 Å². The molecule has 21 heavy (non-hydrogen) atoms. The fraction of sp³-hybridized carbons (Fsp3) is 0.500. The third-order valence-corrected chi connectivity index (χ3v) is 2.72.